The van der Waals surface area contributed by atoms with E-state index >= 15 is 0 Å². The van der Waals surface area contributed by atoms with Crippen molar-refractivity contribution in [1.29, 1.82) is 0 Å². The fourth-order valence-electron chi connectivity index (χ4n) is 1.90. The first-order chi connectivity index (χ1) is 9.56. The van der Waals surface area contributed by atoms with Crippen molar-refractivity contribution < 1.29 is 10.0 Å². The number of fused-ring (bicyclic) bond motifs is 1. The van der Waals surface area contributed by atoms with E-state index in [0.29, 0.717) is 17.1 Å². The molecule has 5 N–H and O–H groups in total. The summed E-state index contributed by atoms with van der Waals surface area (Å²) >= 11 is 0. The minimum Gasteiger partial charge on any atom is -0.493 e. The van der Waals surface area contributed by atoms with Crippen LogP contribution in [0.2, 0.25) is 0 Å². The number of hydrazine groups is 1. The van der Waals surface area contributed by atoms with E-state index in [9.17, 15) is 15.2 Å². The highest BCUT2D eigenvalue weighted by Gasteiger charge is 2.23. The predicted octanol–water partition coefficient (Wildman–Crippen LogP) is 1.60. The van der Waals surface area contributed by atoms with Gasteiger partial charge in [0.05, 0.1) is 16.3 Å². The molecular formula is C11H10N6O3. The molecule has 3 rings (SSSR count). The standard InChI is InChI=1S/C11H10N6O3/c12-11-10-8(13-14-11)5-9(18)16(15-10)6-2-1-3-7(4-6)17(19)20/h1-5,15,18H,(H3,12,13,14). The van der Waals surface area contributed by atoms with Crippen molar-refractivity contribution in [3.63, 3.8) is 0 Å². The molecule has 0 radical (unpaired) electrons. The van der Waals surface area contributed by atoms with E-state index in [0.717, 1.165) is 0 Å². The number of nitro groups is 1. The van der Waals surface area contributed by atoms with Crippen molar-refractivity contribution in [1.82, 2.24) is 10.2 Å². The number of rotatable bonds is 2. The molecule has 0 spiro atoms. The van der Waals surface area contributed by atoms with Crippen molar-refractivity contribution in [2.24, 2.45) is 0 Å². The zero-order valence-corrected chi connectivity index (χ0v) is 10.1. The molecule has 1 aliphatic rings. The van der Waals surface area contributed by atoms with Gasteiger partial charge in [0.25, 0.3) is 5.69 Å². The molecule has 1 aromatic carbocycles. The van der Waals surface area contributed by atoms with Crippen LogP contribution in [-0.4, -0.2) is 20.2 Å². The highest BCUT2D eigenvalue weighted by atomic mass is 16.6. The third-order valence-electron chi connectivity index (χ3n) is 2.85. The van der Waals surface area contributed by atoms with Crippen molar-refractivity contribution in [3.05, 3.63) is 46.0 Å². The maximum absolute atomic E-state index is 10.8. The Morgan fingerprint density at radius 3 is 3.00 bits per heavy atom. The summed E-state index contributed by atoms with van der Waals surface area (Å²) < 4.78 is 0. The van der Waals surface area contributed by atoms with Gasteiger partial charge in [-0.3, -0.25) is 20.6 Å². The fraction of sp³-hybridized carbons (Fsp3) is 0. The molecule has 0 fully saturated rings. The van der Waals surface area contributed by atoms with Crippen LogP contribution in [0, 0.1) is 10.1 Å². The number of non-ortho nitro benzene ring substituents is 1. The smallest absolute Gasteiger partial charge is 0.271 e. The van der Waals surface area contributed by atoms with Gasteiger partial charge in [-0.15, -0.1) is 0 Å². The highest BCUT2D eigenvalue weighted by molar-refractivity contribution is 5.81. The lowest BCUT2D eigenvalue weighted by molar-refractivity contribution is -0.384. The lowest BCUT2D eigenvalue weighted by atomic mass is 10.2. The molecule has 0 saturated carbocycles. The first-order valence-corrected chi connectivity index (χ1v) is 5.62. The molecule has 0 atom stereocenters. The molecule has 1 aliphatic heterocycles. The SMILES string of the molecule is Nc1n[nH]c2c1NN(c1cccc([N+](=O)[O-])c1)C(O)=C2. The second-order valence-corrected chi connectivity index (χ2v) is 4.12. The molecular weight excluding hydrogens is 264 g/mol. The van der Waals surface area contributed by atoms with E-state index in [1.165, 1.54) is 29.3 Å². The van der Waals surface area contributed by atoms with E-state index in [2.05, 4.69) is 15.6 Å². The number of H-pyrrole nitrogens is 1. The largest absolute Gasteiger partial charge is 0.493 e. The molecule has 9 heteroatoms. The number of nitrogens with two attached hydrogens (primary N) is 1. The zero-order valence-electron chi connectivity index (χ0n) is 10.1. The number of hydrogen-bond donors (Lipinski definition) is 4. The third-order valence-corrected chi connectivity index (χ3v) is 2.85. The number of nitrogens with zero attached hydrogens (tertiary/aromatic N) is 3. The normalized spacial score (nSPS) is 13.4. The van der Waals surface area contributed by atoms with Crippen molar-refractivity contribution in [2.45, 2.75) is 0 Å². The summed E-state index contributed by atoms with van der Waals surface area (Å²) in [6, 6.07) is 5.84. The number of aromatic amines is 1. The Labute approximate surface area is 112 Å². The van der Waals surface area contributed by atoms with E-state index < -0.39 is 4.92 Å². The number of hydrogen-bond acceptors (Lipinski definition) is 7. The average Bonchev–Trinajstić information content (AvgIpc) is 2.79. The Hall–Kier alpha value is -3.23. The Balaban J connectivity index is 2.02. The topological polar surface area (TPSA) is 133 Å². The van der Waals surface area contributed by atoms with Crippen molar-refractivity contribution in [2.75, 3.05) is 16.2 Å². The predicted molar refractivity (Wildman–Crippen MR) is 72.8 cm³/mol. The van der Waals surface area contributed by atoms with Gasteiger partial charge in [-0.1, -0.05) is 6.07 Å². The van der Waals surface area contributed by atoms with Crippen LogP contribution in [0.5, 0.6) is 0 Å². The van der Waals surface area contributed by atoms with Gasteiger partial charge in [-0.05, 0) is 6.07 Å². The number of nitrogen functional groups attached to an aromatic ring is 1. The van der Waals surface area contributed by atoms with Crippen LogP contribution in [0.25, 0.3) is 6.08 Å². The summed E-state index contributed by atoms with van der Waals surface area (Å²) in [5.41, 5.74) is 9.87. The second kappa shape index (κ2) is 4.16. The Kier molecular flexibility index (Phi) is 2.46. The van der Waals surface area contributed by atoms with Crippen LogP contribution >= 0.6 is 0 Å². The summed E-state index contributed by atoms with van der Waals surface area (Å²) in [6.45, 7) is 0. The maximum Gasteiger partial charge on any atom is 0.271 e. The van der Waals surface area contributed by atoms with Gasteiger partial charge in [0, 0.05) is 18.2 Å². The van der Waals surface area contributed by atoms with Crippen LogP contribution in [0.4, 0.5) is 22.9 Å². The Morgan fingerprint density at radius 2 is 2.25 bits per heavy atom. The van der Waals surface area contributed by atoms with Gasteiger partial charge >= 0.3 is 0 Å². The number of nitro benzene ring substituents is 1. The van der Waals surface area contributed by atoms with Gasteiger partial charge < -0.3 is 10.8 Å². The van der Waals surface area contributed by atoms with Crippen LogP contribution in [0.3, 0.4) is 0 Å². The first kappa shape index (κ1) is 11.8. The quantitative estimate of drug-likeness (QED) is 0.482. The van der Waals surface area contributed by atoms with E-state index in [1.54, 1.807) is 6.07 Å². The minimum absolute atomic E-state index is 0.0805. The number of benzene rings is 1. The Bertz CT molecular complexity index is 723. The van der Waals surface area contributed by atoms with Crippen molar-refractivity contribution >= 4 is 29.0 Å². The van der Waals surface area contributed by atoms with Gasteiger partial charge in [-0.2, -0.15) is 5.10 Å². The van der Waals surface area contributed by atoms with Crippen LogP contribution in [0.1, 0.15) is 5.69 Å². The molecule has 102 valence electrons. The van der Waals surface area contributed by atoms with E-state index in [4.69, 9.17) is 5.73 Å². The van der Waals surface area contributed by atoms with Gasteiger partial charge in [-0.25, -0.2) is 5.01 Å². The summed E-state index contributed by atoms with van der Waals surface area (Å²) in [7, 11) is 0. The number of aromatic nitrogens is 2. The third kappa shape index (κ3) is 1.77. The molecule has 0 bridgehead atoms. The van der Waals surface area contributed by atoms with Gasteiger partial charge in [0.15, 0.2) is 5.82 Å². The van der Waals surface area contributed by atoms with E-state index in [1.807, 2.05) is 0 Å². The number of anilines is 3. The van der Waals surface area contributed by atoms with Gasteiger partial charge in [0.1, 0.15) is 5.69 Å². The lowest BCUT2D eigenvalue weighted by Gasteiger charge is -2.27. The molecule has 1 aromatic heterocycles. The van der Waals surface area contributed by atoms with Gasteiger partial charge in [0.2, 0.25) is 5.88 Å². The average molecular weight is 274 g/mol. The molecule has 2 aromatic rings. The molecule has 9 nitrogen and oxygen atoms in total. The maximum atomic E-state index is 10.8. The van der Waals surface area contributed by atoms with Crippen LogP contribution in [-0.2, 0) is 0 Å². The number of aliphatic hydroxyl groups excluding tert-OH is 1. The summed E-state index contributed by atoms with van der Waals surface area (Å²) in [4.78, 5) is 10.3. The number of nitrogens with one attached hydrogen (secondary N) is 2. The van der Waals surface area contributed by atoms with Crippen molar-refractivity contribution in [3.8, 4) is 0 Å². The lowest BCUT2D eigenvalue weighted by Crippen LogP contribution is -2.31. The zero-order chi connectivity index (χ0) is 14.3. The highest BCUT2D eigenvalue weighted by Crippen LogP contribution is 2.32. The van der Waals surface area contributed by atoms with Crippen LogP contribution < -0.4 is 16.2 Å². The van der Waals surface area contributed by atoms with E-state index in [-0.39, 0.29) is 17.4 Å². The summed E-state index contributed by atoms with van der Waals surface area (Å²) in [5.74, 6) is 0.0980. The molecule has 2 heterocycles. The van der Waals surface area contributed by atoms with Crippen LogP contribution in [0.15, 0.2) is 30.1 Å². The molecule has 20 heavy (non-hydrogen) atoms. The first-order valence-electron chi connectivity index (χ1n) is 5.62. The summed E-state index contributed by atoms with van der Waals surface area (Å²) in [6.07, 6.45) is 1.42. The molecule has 0 saturated heterocycles. The monoisotopic (exact) mass is 274 g/mol. The number of aliphatic hydroxyl groups is 1. The molecule has 0 unspecified atom stereocenters. The fourth-order valence-corrected chi connectivity index (χ4v) is 1.90. The summed E-state index contributed by atoms with van der Waals surface area (Å²) in [5, 5.41) is 28.5. The second-order valence-electron chi connectivity index (χ2n) is 4.12. The Morgan fingerprint density at radius 1 is 1.45 bits per heavy atom. The molecule has 0 amide bonds. The minimum atomic E-state index is -0.508. The molecule has 0 aliphatic carbocycles.